The maximum Gasteiger partial charge on any atom is 0.294 e. The Bertz CT molecular complexity index is 1410. The van der Waals surface area contributed by atoms with Crippen molar-refractivity contribution in [2.24, 2.45) is 0 Å². The average Bonchev–Trinajstić information content (AvgIpc) is 2.82. The molecule has 0 saturated carbocycles. The van der Waals surface area contributed by atoms with Gasteiger partial charge in [0, 0.05) is 12.6 Å². The molecule has 1 heterocycles. The maximum absolute atomic E-state index is 13.5. The number of rotatable bonds is 6. The molecule has 0 aliphatic rings. The normalized spacial score (nSPS) is 10.8. The Labute approximate surface area is 195 Å². The highest BCUT2D eigenvalue weighted by Crippen LogP contribution is 2.18. The molecular formula is C26H23FN4O3. The van der Waals surface area contributed by atoms with Gasteiger partial charge >= 0.3 is 0 Å². The van der Waals surface area contributed by atoms with E-state index in [9.17, 15) is 18.8 Å². The van der Waals surface area contributed by atoms with E-state index >= 15 is 0 Å². The molecule has 0 bridgehead atoms. The molecular weight excluding hydrogens is 435 g/mol. The van der Waals surface area contributed by atoms with Crippen molar-refractivity contribution in [1.82, 2.24) is 9.55 Å². The predicted octanol–water partition coefficient (Wildman–Crippen LogP) is 4.04. The summed E-state index contributed by atoms with van der Waals surface area (Å²) in [5.41, 5.74) is 2.67. The Balaban J connectivity index is 1.73. The van der Waals surface area contributed by atoms with Crippen LogP contribution in [0.25, 0.3) is 11.0 Å². The first-order valence-corrected chi connectivity index (χ1v) is 10.7. The standard InChI is InChI=1S/C26H23FN4O3/c1-17-7-13-21(14-8-17)28-24(33)16-31-23-6-4-3-5-22(23)29-25(26(31)34)30(18(2)32)15-19-9-11-20(27)12-10-19/h3-14H,15-16H2,1-2H3,(H,28,33). The van der Waals surface area contributed by atoms with Crippen LogP contribution in [0.4, 0.5) is 15.9 Å². The molecule has 1 aromatic heterocycles. The number of amides is 2. The highest BCUT2D eigenvalue weighted by atomic mass is 19.1. The minimum absolute atomic E-state index is 0.0335. The summed E-state index contributed by atoms with van der Waals surface area (Å²) in [6, 6.07) is 19.9. The molecule has 4 rings (SSSR count). The number of hydrogen-bond acceptors (Lipinski definition) is 4. The summed E-state index contributed by atoms with van der Waals surface area (Å²) in [5.74, 6) is -1.29. The number of aromatic nitrogens is 2. The molecule has 0 atom stereocenters. The van der Waals surface area contributed by atoms with E-state index in [4.69, 9.17) is 0 Å². The molecule has 34 heavy (non-hydrogen) atoms. The van der Waals surface area contributed by atoms with Gasteiger partial charge in [-0.15, -0.1) is 0 Å². The van der Waals surface area contributed by atoms with Gasteiger partial charge in [-0.1, -0.05) is 42.0 Å². The van der Waals surface area contributed by atoms with E-state index in [0.29, 0.717) is 22.3 Å². The number of carbonyl (C=O) groups excluding carboxylic acids is 2. The lowest BCUT2D eigenvalue weighted by atomic mass is 10.2. The number of para-hydroxylation sites is 2. The molecule has 0 radical (unpaired) electrons. The Morgan fingerprint density at radius 1 is 1.00 bits per heavy atom. The number of halogens is 1. The Morgan fingerprint density at radius 2 is 1.68 bits per heavy atom. The molecule has 8 heteroatoms. The number of aryl methyl sites for hydroxylation is 1. The summed E-state index contributed by atoms with van der Waals surface area (Å²) in [6.45, 7) is 3.05. The van der Waals surface area contributed by atoms with Crippen LogP contribution >= 0.6 is 0 Å². The van der Waals surface area contributed by atoms with Gasteiger partial charge in [0.2, 0.25) is 17.6 Å². The number of fused-ring (bicyclic) bond motifs is 1. The fraction of sp³-hybridized carbons (Fsp3) is 0.154. The summed E-state index contributed by atoms with van der Waals surface area (Å²) >= 11 is 0. The maximum atomic E-state index is 13.5. The van der Waals surface area contributed by atoms with Crippen molar-refractivity contribution in [3.05, 3.63) is 100 Å². The van der Waals surface area contributed by atoms with Gasteiger partial charge in [-0.25, -0.2) is 9.37 Å². The van der Waals surface area contributed by atoms with Gasteiger partial charge in [-0.2, -0.15) is 0 Å². The summed E-state index contributed by atoms with van der Waals surface area (Å²) in [5, 5.41) is 2.79. The monoisotopic (exact) mass is 458 g/mol. The number of hydrogen-bond donors (Lipinski definition) is 1. The third kappa shape index (κ3) is 5.01. The topological polar surface area (TPSA) is 84.3 Å². The van der Waals surface area contributed by atoms with Crippen LogP contribution in [-0.4, -0.2) is 21.4 Å². The van der Waals surface area contributed by atoms with E-state index in [0.717, 1.165) is 5.56 Å². The van der Waals surface area contributed by atoms with Gasteiger partial charge in [0.1, 0.15) is 12.4 Å². The minimum atomic E-state index is -0.574. The molecule has 1 N–H and O–H groups in total. The predicted molar refractivity (Wildman–Crippen MR) is 129 cm³/mol. The molecule has 4 aromatic rings. The SMILES string of the molecule is CC(=O)N(Cc1ccc(F)cc1)c1nc2ccccc2n(CC(=O)Nc2ccc(C)cc2)c1=O. The van der Waals surface area contributed by atoms with E-state index in [1.807, 2.05) is 19.1 Å². The Morgan fingerprint density at radius 3 is 2.35 bits per heavy atom. The van der Waals surface area contributed by atoms with Gasteiger partial charge in [0.25, 0.3) is 5.56 Å². The quantitative estimate of drug-likeness (QED) is 0.473. The van der Waals surface area contributed by atoms with Crippen LogP contribution in [0.3, 0.4) is 0 Å². The number of nitrogens with one attached hydrogen (secondary N) is 1. The van der Waals surface area contributed by atoms with E-state index in [1.165, 1.54) is 28.5 Å². The largest absolute Gasteiger partial charge is 0.325 e. The van der Waals surface area contributed by atoms with Crippen LogP contribution in [0.1, 0.15) is 18.1 Å². The molecule has 0 unspecified atom stereocenters. The number of nitrogens with zero attached hydrogens (tertiary/aromatic N) is 3. The average molecular weight is 458 g/mol. The van der Waals surface area contributed by atoms with E-state index in [-0.39, 0.29) is 24.8 Å². The lowest BCUT2D eigenvalue weighted by molar-refractivity contribution is -0.117. The highest BCUT2D eigenvalue weighted by Gasteiger charge is 2.22. The fourth-order valence-electron chi connectivity index (χ4n) is 3.60. The molecule has 172 valence electrons. The zero-order valence-corrected chi connectivity index (χ0v) is 18.8. The van der Waals surface area contributed by atoms with Gasteiger partial charge in [0.05, 0.1) is 17.6 Å². The van der Waals surface area contributed by atoms with Crippen LogP contribution in [0.15, 0.2) is 77.6 Å². The van der Waals surface area contributed by atoms with E-state index in [1.54, 1.807) is 48.5 Å². The third-order valence-electron chi connectivity index (χ3n) is 5.36. The second-order valence-electron chi connectivity index (χ2n) is 7.96. The highest BCUT2D eigenvalue weighted by molar-refractivity contribution is 5.93. The van der Waals surface area contributed by atoms with Crippen LogP contribution in [0.5, 0.6) is 0 Å². The van der Waals surface area contributed by atoms with Crippen molar-refractivity contribution in [3.63, 3.8) is 0 Å². The molecule has 7 nitrogen and oxygen atoms in total. The molecule has 3 aromatic carbocycles. The minimum Gasteiger partial charge on any atom is -0.325 e. The lowest BCUT2D eigenvalue weighted by Crippen LogP contribution is -2.38. The molecule has 2 amide bonds. The third-order valence-corrected chi connectivity index (χ3v) is 5.36. The summed E-state index contributed by atoms with van der Waals surface area (Å²) < 4.78 is 14.6. The van der Waals surface area contributed by atoms with Crippen LogP contribution < -0.4 is 15.8 Å². The van der Waals surface area contributed by atoms with Crippen LogP contribution in [-0.2, 0) is 22.7 Å². The smallest absolute Gasteiger partial charge is 0.294 e. The second kappa shape index (κ2) is 9.66. The molecule has 0 spiro atoms. The molecule has 0 aliphatic heterocycles. The first-order valence-electron chi connectivity index (χ1n) is 10.7. The first kappa shape index (κ1) is 22.8. The zero-order chi connectivity index (χ0) is 24.2. The van der Waals surface area contributed by atoms with Crippen molar-refractivity contribution in [2.45, 2.75) is 26.9 Å². The van der Waals surface area contributed by atoms with E-state index < -0.39 is 17.3 Å². The Kier molecular flexibility index (Phi) is 6.49. The van der Waals surface area contributed by atoms with Gasteiger partial charge in [0.15, 0.2) is 0 Å². The van der Waals surface area contributed by atoms with Crippen molar-refractivity contribution < 1.29 is 14.0 Å². The summed E-state index contributed by atoms with van der Waals surface area (Å²) in [4.78, 5) is 44.4. The lowest BCUT2D eigenvalue weighted by Gasteiger charge is -2.21. The van der Waals surface area contributed by atoms with Crippen molar-refractivity contribution in [2.75, 3.05) is 10.2 Å². The first-order chi connectivity index (χ1) is 16.3. The van der Waals surface area contributed by atoms with Gasteiger partial charge in [-0.05, 0) is 48.9 Å². The van der Waals surface area contributed by atoms with E-state index in [2.05, 4.69) is 10.3 Å². The molecule has 0 fully saturated rings. The zero-order valence-electron chi connectivity index (χ0n) is 18.8. The van der Waals surface area contributed by atoms with Crippen molar-refractivity contribution in [1.29, 1.82) is 0 Å². The summed E-state index contributed by atoms with van der Waals surface area (Å²) in [7, 11) is 0. The number of carbonyl (C=O) groups is 2. The van der Waals surface area contributed by atoms with Crippen LogP contribution in [0.2, 0.25) is 0 Å². The van der Waals surface area contributed by atoms with Crippen molar-refractivity contribution in [3.8, 4) is 0 Å². The molecule has 0 aliphatic carbocycles. The summed E-state index contributed by atoms with van der Waals surface area (Å²) in [6.07, 6.45) is 0. The number of benzene rings is 3. The fourth-order valence-corrected chi connectivity index (χ4v) is 3.60. The molecule has 0 saturated heterocycles. The van der Waals surface area contributed by atoms with Gasteiger partial charge in [-0.3, -0.25) is 23.9 Å². The van der Waals surface area contributed by atoms with Gasteiger partial charge < -0.3 is 5.32 Å². The Hall–Kier alpha value is -4.33. The number of anilines is 2. The van der Waals surface area contributed by atoms with Crippen molar-refractivity contribution >= 4 is 34.4 Å². The second-order valence-corrected chi connectivity index (χ2v) is 7.96. The van der Waals surface area contributed by atoms with Crippen LogP contribution in [0, 0.1) is 12.7 Å².